The number of ether oxygens (including phenoxy) is 3. The van der Waals surface area contributed by atoms with Crippen LogP contribution < -0.4 is 4.74 Å². The predicted molar refractivity (Wildman–Crippen MR) is 129 cm³/mol. The number of likely N-dealkylation sites (tertiary alicyclic amines) is 1. The Morgan fingerprint density at radius 2 is 2.09 bits per heavy atom. The summed E-state index contributed by atoms with van der Waals surface area (Å²) in [7, 11) is 0. The minimum Gasteiger partial charge on any atom is -0.474 e. The highest BCUT2D eigenvalue weighted by Crippen LogP contribution is 2.54. The second-order valence-corrected chi connectivity index (χ2v) is 10.5. The lowest BCUT2D eigenvalue weighted by Gasteiger charge is -2.39. The van der Waals surface area contributed by atoms with Crippen molar-refractivity contribution in [1.29, 1.82) is 5.26 Å². The topological polar surface area (TPSA) is 96.5 Å². The van der Waals surface area contributed by atoms with E-state index in [1.807, 2.05) is 33.8 Å². The lowest BCUT2D eigenvalue weighted by Crippen LogP contribution is -2.49. The second kappa shape index (κ2) is 9.30. The highest BCUT2D eigenvalue weighted by molar-refractivity contribution is 6.32. The van der Waals surface area contributed by atoms with Gasteiger partial charge in [0, 0.05) is 24.9 Å². The average molecular weight is 485 g/mol. The Bertz CT molecular complexity index is 1110. The third-order valence-corrected chi connectivity index (χ3v) is 6.39. The highest BCUT2D eigenvalue weighted by atomic mass is 35.5. The maximum atomic E-state index is 12.5. The molecular weight excluding hydrogens is 456 g/mol. The number of halogens is 1. The predicted octanol–water partition coefficient (Wildman–Crippen LogP) is 5.46. The van der Waals surface area contributed by atoms with Crippen LogP contribution in [-0.4, -0.2) is 48.0 Å². The summed E-state index contributed by atoms with van der Waals surface area (Å²) in [6.07, 6.45) is 4.28. The largest absolute Gasteiger partial charge is 0.474 e. The molecule has 2 heterocycles. The zero-order valence-corrected chi connectivity index (χ0v) is 20.7. The smallest absolute Gasteiger partial charge is 0.410 e. The van der Waals surface area contributed by atoms with E-state index in [-0.39, 0.29) is 17.6 Å². The van der Waals surface area contributed by atoms with E-state index in [1.165, 1.54) is 6.34 Å². The van der Waals surface area contributed by atoms with Gasteiger partial charge in [0.05, 0.1) is 23.1 Å². The molecule has 1 aromatic rings. The van der Waals surface area contributed by atoms with E-state index in [0.717, 1.165) is 24.8 Å². The molecule has 8 nitrogen and oxygen atoms in total. The summed E-state index contributed by atoms with van der Waals surface area (Å²) in [6.45, 7) is 8.78. The van der Waals surface area contributed by atoms with E-state index in [4.69, 9.17) is 31.1 Å². The zero-order valence-electron chi connectivity index (χ0n) is 19.9. The molecule has 0 bridgehead atoms. The molecule has 0 radical (unpaired) electrons. The van der Waals surface area contributed by atoms with Gasteiger partial charge in [-0.3, -0.25) is 0 Å². The first kappa shape index (κ1) is 24.1. The number of piperidine rings is 1. The molecule has 1 saturated carbocycles. The van der Waals surface area contributed by atoms with Crippen LogP contribution in [0.1, 0.15) is 58.9 Å². The Morgan fingerprint density at radius 1 is 1.32 bits per heavy atom. The fourth-order valence-corrected chi connectivity index (χ4v) is 4.38. The van der Waals surface area contributed by atoms with Crippen LogP contribution in [0.4, 0.5) is 4.79 Å². The number of rotatable bonds is 3. The fraction of sp³-hybridized carbons (Fsp3) is 0.520. The summed E-state index contributed by atoms with van der Waals surface area (Å²) in [6, 6.07) is 6.89. The molecule has 0 N–H and O–H groups in total. The lowest BCUT2D eigenvalue weighted by atomic mass is 9.91. The van der Waals surface area contributed by atoms with Crippen LogP contribution in [0.15, 0.2) is 39.6 Å². The molecule has 1 aromatic carbocycles. The number of carbonyl (C=O) groups is 1. The molecule has 1 spiro atoms. The van der Waals surface area contributed by atoms with Gasteiger partial charge in [0.2, 0.25) is 11.8 Å². The van der Waals surface area contributed by atoms with Crippen molar-refractivity contribution in [3.63, 3.8) is 0 Å². The fourth-order valence-electron chi connectivity index (χ4n) is 4.16. The molecule has 1 amide bonds. The average Bonchev–Trinajstić information content (AvgIpc) is 3.55. The highest BCUT2D eigenvalue weighted by Gasteiger charge is 2.55. The quantitative estimate of drug-likeness (QED) is 0.567. The van der Waals surface area contributed by atoms with Gasteiger partial charge >= 0.3 is 6.09 Å². The van der Waals surface area contributed by atoms with Gasteiger partial charge in [-0.05, 0) is 64.3 Å². The van der Waals surface area contributed by atoms with Gasteiger partial charge in [0.1, 0.15) is 23.8 Å². The molecule has 1 aliphatic carbocycles. The second-order valence-electron chi connectivity index (χ2n) is 10.0. The molecule has 1 atom stereocenters. The Labute approximate surface area is 204 Å². The number of aliphatic imine (C=N–C) groups is 2. The first-order valence-corrected chi connectivity index (χ1v) is 11.8. The molecule has 180 valence electrons. The summed E-state index contributed by atoms with van der Waals surface area (Å²) in [5.74, 6) is 1.40. The lowest BCUT2D eigenvalue weighted by molar-refractivity contribution is -0.0287. The maximum absolute atomic E-state index is 12.5. The first-order valence-electron chi connectivity index (χ1n) is 11.4. The van der Waals surface area contributed by atoms with Crippen LogP contribution in [0, 0.1) is 16.7 Å². The van der Waals surface area contributed by atoms with Crippen LogP contribution in [-0.2, 0) is 9.47 Å². The Balaban J connectivity index is 1.40. The molecule has 9 heteroatoms. The number of nitriles is 1. The van der Waals surface area contributed by atoms with Crippen LogP contribution in [0.5, 0.6) is 5.75 Å². The van der Waals surface area contributed by atoms with E-state index < -0.39 is 5.60 Å². The van der Waals surface area contributed by atoms with Crippen LogP contribution in [0.2, 0.25) is 5.02 Å². The van der Waals surface area contributed by atoms with Gasteiger partial charge in [0.15, 0.2) is 0 Å². The van der Waals surface area contributed by atoms with Crippen molar-refractivity contribution < 1.29 is 19.0 Å². The van der Waals surface area contributed by atoms with Gasteiger partial charge in [-0.25, -0.2) is 14.8 Å². The van der Waals surface area contributed by atoms with Crippen molar-refractivity contribution in [2.24, 2.45) is 15.4 Å². The molecule has 1 unspecified atom stereocenters. The van der Waals surface area contributed by atoms with E-state index in [2.05, 4.69) is 9.98 Å². The van der Waals surface area contributed by atoms with E-state index in [0.29, 0.717) is 47.6 Å². The molecule has 4 rings (SSSR count). The first-order chi connectivity index (χ1) is 16.1. The molecule has 34 heavy (non-hydrogen) atoms. The Kier molecular flexibility index (Phi) is 6.59. The van der Waals surface area contributed by atoms with Gasteiger partial charge < -0.3 is 19.1 Å². The number of amides is 1. The third-order valence-electron chi connectivity index (χ3n) is 6.09. The SMILES string of the molecule is CC1=C(OC2CCN(C(=O)OC(C)(C)C)CC23CC3)N=CN=C(Oc2ccc(C#N)cc2Cl)C1. The summed E-state index contributed by atoms with van der Waals surface area (Å²) >= 11 is 6.23. The number of hydrogen-bond donors (Lipinski definition) is 0. The number of nitrogens with zero attached hydrogens (tertiary/aromatic N) is 4. The Morgan fingerprint density at radius 3 is 2.74 bits per heavy atom. The molecule has 0 aromatic heterocycles. The summed E-state index contributed by atoms with van der Waals surface area (Å²) in [4.78, 5) is 23.1. The van der Waals surface area contributed by atoms with E-state index >= 15 is 0 Å². The number of benzene rings is 1. The standard InChI is InChI=1S/C25H29ClN4O4/c1-16-11-21(32-19-6-5-17(13-27)12-18(19)26)28-15-29-22(16)33-20-7-10-30(14-25(20)8-9-25)23(31)34-24(2,3)4/h5-6,12,15,20H,7-11,14H2,1-4H3. The number of hydrogen-bond acceptors (Lipinski definition) is 7. The van der Waals surface area contributed by atoms with Crippen LogP contribution in [0.3, 0.4) is 0 Å². The third kappa shape index (κ3) is 5.53. The van der Waals surface area contributed by atoms with Gasteiger partial charge in [-0.1, -0.05) is 11.6 Å². The van der Waals surface area contributed by atoms with Crippen molar-refractivity contribution in [1.82, 2.24) is 4.90 Å². The van der Waals surface area contributed by atoms with Gasteiger partial charge in [0.25, 0.3) is 0 Å². The molecule has 3 aliphatic rings. The van der Waals surface area contributed by atoms with E-state index in [9.17, 15) is 4.79 Å². The molecular formula is C25H29ClN4O4. The molecule has 2 aliphatic heterocycles. The van der Waals surface area contributed by atoms with Crippen molar-refractivity contribution in [2.45, 2.75) is 65.1 Å². The van der Waals surface area contributed by atoms with Crippen LogP contribution >= 0.6 is 11.6 Å². The Hall–Kier alpha value is -3.05. The summed E-state index contributed by atoms with van der Waals surface area (Å²) in [5.41, 5.74) is 0.781. The van der Waals surface area contributed by atoms with Crippen molar-refractivity contribution in [3.8, 4) is 11.8 Å². The molecule has 2 fully saturated rings. The normalized spacial score (nSPS) is 21.5. The molecule has 1 saturated heterocycles. The van der Waals surface area contributed by atoms with Crippen LogP contribution in [0.25, 0.3) is 0 Å². The zero-order chi connectivity index (χ0) is 24.5. The van der Waals surface area contributed by atoms with Gasteiger partial charge in [-0.15, -0.1) is 0 Å². The van der Waals surface area contributed by atoms with Crippen molar-refractivity contribution in [2.75, 3.05) is 13.1 Å². The van der Waals surface area contributed by atoms with Crippen molar-refractivity contribution in [3.05, 3.63) is 40.2 Å². The monoisotopic (exact) mass is 484 g/mol. The number of carbonyl (C=O) groups excluding carboxylic acids is 1. The summed E-state index contributed by atoms with van der Waals surface area (Å²) in [5, 5.41) is 9.34. The summed E-state index contributed by atoms with van der Waals surface area (Å²) < 4.78 is 17.8. The van der Waals surface area contributed by atoms with Crippen molar-refractivity contribution >= 4 is 29.9 Å². The minimum absolute atomic E-state index is 0.0243. The van der Waals surface area contributed by atoms with Gasteiger partial charge in [-0.2, -0.15) is 5.26 Å². The minimum atomic E-state index is -0.514. The van der Waals surface area contributed by atoms with E-state index in [1.54, 1.807) is 23.1 Å². The maximum Gasteiger partial charge on any atom is 0.410 e.